The van der Waals surface area contributed by atoms with Gasteiger partial charge in [0.1, 0.15) is 11.7 Å². The highest BCUT2D eigenvalue weighted by molar-refractivity contribution is 6.29. The Labute approximate surface area is 144 Å². The Kier molecular flexibility index (Phi) is 8.04. The standard InChI is InChI=1S/C19H26ClFN2/c1-6-14(4)11-16(20)12-17-13-23(8-3)19(22-17)10-9-15(5)18(21)7-2/h6-7,9-11,13,15H,8,12H2,1-5H3/b10-9+,14-6-,16-11+,18-7+. The highest BCUT2D eigenvalue weighted by Gasteiger charge is 2.08. The predicted molar refractivity (Wildman–Crippen MR) is 98.0 cm³/mol. The summed E-state index contributed by atoms with van der Waals surface area (Å²) in [5, 5.41) is 0.755. The lowest BCUT2D eigenvalue weighted by atomic mass is 10.1. The van der Waals surface area contributed by atoms with Crippen molar-refractivity contribution in [3.63, 3.8) is 0 Å². The number of allylic oxidation sites excluding steroid dienone is 7. The summed E-state index contributed by atoms with van der Waals surface area (Å²) in [6.45, 7) is 10.4. The molecule has 126 valence electrons. The van der Waals surface area contributed by atoms with Crippen molar-refractivity contribution < 1.29 is 4.39 Å². The molecule has 0 saturated carbocycles. The minimum absolute atomic E-state index is 0.135. The van der Waals surface area contributed by atoms with Crippen molar-refractivity contribution in [1.29, 1.82) is 0 Å². The molecular formula is C19H26ClFN2. The summed E-state index contributed by atoms with van der Waals surface area (Å²) in [5.41, 5.74) is 2.04. The zero-order valence-corrected chi connectivity index (χ0v) is 15.4. The van der Waals surface area contributed by atoms with E-state index in [0.29, 0.717) is 6.42 Å². The van der Waals surface area contributed by atoms with Gasteiger partial charge in [0.2, 0.25) is 0 Å². The van der Waals surface area contributed by atoms with Crippen LogP contribution >= 0.6 is 11.6 Å². The molecule has 1 heterocycles. The minimum atomic E-state index is -0.244. The Morgan fingerprint density at radius 2 is 2.09 bits per heavy atom. The second-order valence-corrected chi connectivity index (χ2v) is 5.98. The maximum Gasteiger partial charge on any atom is 0.132 e. The monoisotopic (exact) mass is 336 g/mol. The molecule has 0 bridgehead atoms. The van der Waals surface area contributed by atoms with Crippen molar-refractivity contribution in [2.75, 3.05) is 0 Å². The van der Waals surface area contributed by atoms with Crippen LogP contribution < -0.4 is 0 Å². The third-order valence-electron chi connectivity index (χ3n) is 3.63. The van der Waals surface area contributed by atoms with Crippen LogP contribution in [0.25, 0.3) is 6.08 Å². The first kappa shape index (κ1) is 19.4. The van der Waals surface area contributed by atoms with Crippen molar-refractivity contribution in [2.24, 2.45) is 5.92 Å². The Morgan fingerprint density at radius 3 is 2.65 bits per heavy atom. The van der Waals surface area contributed by atoms with Crippen molar-refractivity contribution in [2.45, 2.75) is 47.6 Å². The topological polar surface area (TPSA) is 17.8 Å². The van der Waals surface area contributed by atoms with Gasteiger partial charge >= 0.3 is 0 Å². The van der Waals surface area contributed by atoms with E-state index in [9.17, 15) is 4.39 Å². The zero-order chi connectivity index (χ0) is 17.4. The first-order valence-electron chi connectivity index (χ1n) is 7.96. The van der Waals surface area contributed by atoms with E-state index in [4.69, 9.17) is 11.6 Å². The molecule has 2 nitrogen and oxygen atoms in total. The van der Waals surface area contributed by atoms with Crippen LogP contribution in [0.4, 0.5) is 4.39 Å². The van der Waals surface area contributed by atoms with Crippen LogP contribution in [0.1, 0.15) is 46.1 Å². The maximum atomic E-state index is 13.5. The molecule has 23 heavy (non-hydrogen) atoms. The van der Waals surface area contributed by atoms with Gasteiger partial charge < -0.3 is 4.57 Å². The van der Waals surface area contributed by atoms with E-state index in [1.165, 1.54) is 6.08 Å². The molecule has 0 saturated heterocycles. The van der Waals surface area contributed by atoms with Crippen LogP contribution in [-0.2, 0) is 13.0 Å². The number of aromatic nitrogens is 2. The third-order valence-corrected chi connectivity index (χ3v) is 3.88. The highest BCUT2D eigenvalue weighted by atomic mass is 35.5. The lowest BCUT2D eigenvalue weighted by Gasteiger charge is -2.02. The van der Waals surface area contributed by atoms with Gasteiger partial charge in [0, 0.05) is 30.1 Å². The number of imidazole rings is 1. The van der Waals surface area contributed by atoms with E-state index in [1.807, 2.05) is 55.8 Å². The van der Waals surface area contributed by atoms with E-state index >= 15 is 0 Å². The molecule has 0 aromatic carbocycles. The predicted octanol–water partition coefficient (Wildman–Crippen LogP) is 6.06. The number of nitrogens with zero attached hydrogens (tertiary/aromatic N) is 2. The van der Waals surface area contributed by atoms with Gasteiger partial charge in [-0.1, -0.05) is 42.3 Å². The van der Waals surface area contributed by atoms with Gasteiger partial charge in [0.15, 0.2) is 0 Å². The number of hydrogen-bond donors (Lipinski definition) is 0. The van der Waals surface area contributed by atoms with E-state index in [1.54, 1.807) is 6.92 Å². The number of aryl methyl sites for hydroxylation is 1. The second-order valence-electron chi connectivity index (χ2n) is 5.50. The molecule has 1 rings (SSSR count). The number of halogens is 2. The van der Waals surface area contributed by atoms with Crippen LogP contribution in [0.3, 0.4) is 0 Å². The smallest absolute Gasteiger partial charge is 0.132 e. The second kappa shape index (κ2) is 9.51. The van der Waals surface area contributed by atoms with Gasteiger partial charge in [-0.25, -0.2) is 9.37 Å². The lowest BCUT2D eigenvalue weighted by Crippen LogP contribution is -1.96. The molecule has 0 amide bonds. The molecule has 0 aliphatic carbocycles. The summed E-state index contributed by atoms with van der Waals surface area (Å²) in [6.07, 6.45) is 11.7. The van der Waals surface area contributed by atoms with Gasteiger partial charge in [-0.2, -0.15) is 0 Å². The summed E-state index contributed by atoms with van der Waals surface area (Å²) in [7, 11) is 0. The fraction of sp³-hybridized carbons (Fsp3) is 0.421. The van der Waals surface area contributed by atoms with Gasteiger partial charge in [-0.15, -0.1) is 0 Å². The number of rotatable bonds is 7. The first-order chi connectivity index (χ1) is 10.9. The number of hydrogen-bond acceptors (Lipinski definition) is 1. The molecular weight excluding hydrogens is 311 g/mol. The van der Waals surface area contributed by atoms with Gasteiger partial charge in [-0.05, 0) is 39.8 Å². The van der Waals surface area contributed by atoms with Crippen LogP contribution in [0.5, 0.6) is 0 Å². The fourth-order valence-corrected chi connectivity index (χ4v) is 2.41. The average molecular weight is 337 g/mol. The van der Waals surface area contributed by atoms with Gasteiger partial charge in [0.25, 0.3) is 0 Å². The largest absolute Gasteiger partial charge is 0.331 e. The summed E-state index contributed by atoms with van der Waals surface area (Å²) in [6, 6.07) is 0. The molecule has 1 unspecified atom stereocenters. The fourth-order valence-electron chi connectivity index (χ4n) is 2.10. The Bertz CT molecular complexity index is 636. The highest BCUT2D eigenvalue weighted by Crippen LogP contribution is 2.17. The van der Waals surface area contributed by atoms with Crippen molar-refractivity contribution >= 4 is 17.7 Å². The van der Waals surface area contributed by atoms with E-state index in [-0.39, 0.29) is 11.7 Å². The average Bonchev–Trinajstić information content (AvgIpc) is 2.92. The van der Waals surface area contributed by atoms with Crippen LogP contribution in [0, 0.1) is 5.92 Å². The summed E-state index contributed by atoms with van der Waals surface area (Å²) < 4.78 is 15.5. The summed E-state index contributed by atoms with van der Waals surface area (Å²) in [4.78, 5) is 4.60. The van der Waals surface area contributed by atoms with Gasteiger partial charge in [0.05, 0.1) is 5.69 Å². The molecule has 0 radical (unpaired) electrons. The van der Waals surface area contributed by atoms with E-state index in [2.05, 4.69) is 11.9 Å². The summed E-state index contributed by atoms with van der Waals surface area (Å²) >= 11 is 6.28. The van der Waals surface area contributed by atoms with Gasteiger partial charge in [-0.3, -0.25) is 0 Å². The Hall–Kier alpha value is -1.61. The molecule has 4 heteroatoms. The van der Waals surface area contributed by atoms with Crippen LogP contribution in [0.15, 0.2) is 46.9 Å². The quantitative estimate of drug-likeness (QED) is 0.553. The zero-order valence-electron chi connectivity index (χ0n) is 14.6. The molecule has 0 fully saturated rings. The molecule has 1 atom stereocenters. The van der Waals surface area contributed by atoms with E-state index in [0.717, 1.165) is 28.7 Å². The SMILES string of the molecule is C/C=C(C)\C=C(\Cl)Cc1cn(CC)c(/C=C/C(C)/C(F)=C\C)n1. The third kappa shape index (κ3) is 6.19. The van der Waals surface area contributed by atoms with Crippen molar-refractivity contribution in [1.82, 2.24) is 9.55 Å². The first-order valence-corrected chi connectivity index (χ1v) is 8.33. The lowest BCUT2D eigenvalue weighted by molar-refractivity contribution is 0.547. The molecule has 0 spiro atoms. The maximum absolute atomic E-state index is 13.5. The van der Waals surface area contributed by atoms with Crippen molar-refractivity contribution in [3.05, 3.63) is 58.5 Å². The van der Waals surface area contributed by atoms with Crippen LogP contribution in [-0.4, -0.2) is 9.55 Å². The molecule has 0 aliphatic rings. The molecule has 1 aromatic heterocycles. The normalized spacial score (nSPS) is 15.5. The molecule has 0 aliphatic heterocycles. The van der Waals surface area contributed by atoms with Crippen LogP contribution in [0.2, 0.25) is 0 Å². The molecule has 1 aromatic rings. The van der Waals surface area contributed by atoms with E-state index < -0.39 is 0 Å². The Morgan fingerprint density at radius 1 is 1.39 bits per heavy atom. The Balaban J connectivity index is 2.94. The minimum Gasteiger partial charge on any atom is -0.331 e. The summed E-state index contributed by atoms with van der Waals surface area (Å²) in [5.74, 6) is 0.445. The molecule has 0 N–H and O–H groups in total. The van der Waals surface area contributed by atoms with Crippen molar-refractivity contribution in [3.8, 4) is 0 Å².